The number of fused-ring (bicyclic) bond motifs is 5. The fourth-order valence-corrected chi connectivity index (χ4v) is 9.90. The number of carbonyl (C=O) groups is 6. The number of hydrogen-bond acceptors (Lipinski definition) is 14. The zero-order valence-electron chi connectivity index (χ0n) is 34.5. The minimum absolute atomic E-state index is 0.0835. The first-order valence-electron chi connectivity index (χ1n) is 20.5. The fraction of sp³-hybridized carbons (Fsp3) is 0.435. The highest BCUT2D eigenvalue weighted by atomic mass is 16.6. The summed E-state index contributed by atoms with van der Waals surface area (Å²) in [4.78, 5) is 83.6. The van der Waals surface area contributed by atoms with E-state index >= 15 is 4.79 Å². The predicted molar refractivity (Wildman–Crippen MR) is 218 cm³/mol. The van der Waals surface area contributed by atoms with Gasteiger partial charge in [-0.05, 0) is 49.2 Å². The van der Waals surface area contributed by atoms with E-state index in [1.807, 2.05) is 0 Å². The molecule has 16 heteroatoms. The van der Waals surface area contributed by atoms with E-state index in [1.165, 1.54) is 19.1 Å². The van der Waals surface area contributed by atoms with Gasteiger partial charge < -0.3 is 50.6 Å². The molecule has 4 aliphatic rings. The summed E-state index contributed by atoms with van der Waals surface area (Å²) in [5, 5.41) is 42.3. The number of carbonyl (C=O) groups excluding carboxylic acids is 6. The summed E-state index contributed by atoms with van der Waals surface area (Å²) in [5.41, 5.74) is 0.879. The van der Waals surface area contributed by atoms with Crippen LogP contribution in [-0.4, -0.2) is 106 Å². The lowest BCUT2D eigenvalue weighted by atomic mass is 9.47. The van der Waals surface area contributed by atoms with Crippen molar-refractivity contribution >= 4 is 35.5 Å². The van der Waals surface area contributed by atoms with Gasteiger partial charge in [-0.1, -0.05) is 72.3 Å². The van der Waals surface area contributed by atoms with E-state index in [2.05, 4.69) is 10.6 Å². The summed E-state index contributed by atoms with van der Waals surface area (Å²) < 4.78 is 24.3. The maximum absolute atomic E-state index is 15.5. The van der Waals surface area contributed by atoms with Crippen LogP contribution in [0.4, 0.5) is 0 Å². The van der Waals surface area contributed by atoms with Gasteiger partial charge in [0.1, 0.15) is 29.7 Å². The molecule has 0 aromatic heterocycles. The van der Waals surface area contributed by atoms with E-state index in [0.29, 0.717) is 5.56 Å². The third-order valence-corrected chi connectivity index (χ3v) is 13.0. The fourth-order valence-electron chi connectivity index (χ4n) is 9.90. The quantitative estimate of drug-likeness (QED) is 0.0662. The molecule has 2 bridgehead atoms. The molecule has 3 aromatic rings. The Morgan fingerprint density at radius 2 is 1.55 bits per heavy atom. The number of amides is 2. The summed E-state index contributed by atoms with van der Waals surface area (Å²) in [6.45, 7) is 3.62. The number of ketones is 1. The van der Waals surface area contributed by atoms with Crippen molar-refractivity contribution < 1.29 is 63.0 Å². The highest BCUT2D eigenvalue weighted by molar-refractivity contribution is 5.96. The SMILES string of the molecule is CC(=O)O[C@@]12CO[C@@H]1C[C@H](O)[C@@]1(C)C(=O)[C@H](CC(=O)NCN)C3=C(C)[C@@H](OC(=O)[C@H](O)C(NC(=O)c4ccccc4)c4ccccc4)C[C@](O)(C3)[C@@H](OC(=O)c3ccccc3)[C@H]21. The second kappa shape index (κ2) is 17.5. The van der Waals surface area contributed by atoms with Crippen LogP contribution in [0.1, 0.15) is 78.8 Å². The Hall–Kier alpha value is -5.78. The highest BCUT2D eigenvalue weighted by Gasteiger charge is 2.75. The number of aliphatic hydroxyl groups excluding tert-OH is 2. The molecule has 2 saturated carbocycles. The smallest absolute Gasteiger partial charge is 0.338 e. The predicted octanol–water partition coefficient (Wildman–Crippen LogP) is 2.21. The molecule has 62 heavy (non-hydrogen) atoms. The van der Waals surface area contributed by atoms with E-state index < -0.39 is 120 Å². The summed E-state index contributed by atoms with van der Waals surface area (Å²) in [6.07, 6.45) is -9.25. The second-order valence-electron chi connectivity index (χ2n) is 16.8. The monoisotopic (exact) mass is 853 g/mol. The van der Waals surface area contributed by atoms with E-state index in [-0.39, 0.29) is 42.0 Å². The molecular formula is C46H51N3O13. The van der Waals surface area contributed by atoms with Gasteiger partial charge in [0.25, 0.3) is 5.91 Å². The molecule has 3 aliphatic carbocycles. The molecule has 328 valence electrons. The topological polar surface area (TPSA) is 250 Å². The van der Waals surface area contributed by atoms with E-state index in [9.17, 15) is 39.3 Å². The van der Waals surface area contributed by atoms with Gasteiger partial charge in [-0.15, -0.1) is 0 Å². The molecule has 11 atom stereocenters. The standard InChI is InChI=1S/C46H51N3O13/c1-25-31-21-45(58,22-32(25)60-43(57)37(53)36(27-13-7-4-8-14-27)49-41(55)28-15-9-5-10-16-28)40(61-42(56)29-17-11-6-12-18-29)38-44(3,39(54)30(31)19-35(52)48-24-47)33(51)20-34-46(38,23-59-34)62-26(2)50/h4-18,30,32-34,36-38,40,51,53,58H,19-24,47H2,1-3H3,(H,48,52)(H,49,55)/t30-,32+,33+,34-,36?,37-,38+,40+,44-,45-,46+/m1/s1. The van der Waals surface area contributed by atoms with Crippen LogP contribution in [0.25, 0.3) is 0 Å². The maximum atomic E-state index is 15.5. The molecule has 0 radical (unpaired) electrons. The molecule has 3 aromatic carbocycles. The van der Waals surface area contributed by atoms with Crippen LogP contribution in [0.15, 0.2) is 102 Å². The number of rotatable bonds is 12. The van der Waals surface area contributed by atoms with Crippen molar-refractivity contribution in [2.75, 3.05) is 13.3 Å². The Bertz CT molecular complexity index is 2240. The number of nitrogens with one attached hydrogen (secondary N) is 2. The molecule has 7 rings (SSSR count). The van der Waals surface area contributed by atoms with Crippen molar-refractivity contribution in [3.05, 3.63) is 119 Å². The van der Waals surface area contributed by atoms with Crippen LogP contribution in [-0.2, 0) is 38.1 Å². The first-order chi connectivity index (χ1) is 29.5. The Balaban J connectivity index is 1.35. The Morgan fingerprint density at radius 3 is 2.13 bits per heavy atom. The average molecular weight is 854 g/mol. The molecule has 16 nitrogen and oxygen atoms in total. The molecule has 7 N–H and O–H groups in total. The third-order valence-electron chi connectivity index (χ3n) is 13.0. The van der Waals surface area contributed by atoms with Crippen LogP contribution < -0.4 is 16.4 Å². The lowest BCUT2D eigenvalue weighted by Crippen LogP contribution is -2.80. The Kier molecular flexibility index (Phi) is 12.5. The Morgan fingerprint density at radius 1 is 0.935 bits per heavy atom. The summed E-state index contributed by atoms with van der Waals surface area (Å²) in [7, 11) is 0. The van der Waals surface area contributed by atoms with E-state index in [1.54, 1.807) is 85.8 Å². The molecule has 1 heterocycles. The highest BCUT2D eigenvalue weighted by Crippen LogP contribution is 2.62. The summed E-state index contributed by atoms with van der Waals surface area (Å²) in [6, 6.07) is 23.0. The minimum atomic E-state index is -2.25. The van der Waals surface area contributed by atoms with Gasteiger partial charge in [0.2, 0.25) is 5.91 Å². The van der Waals surface area contributed by atoms with Crippen molar-refractivity contribution in [1.82, 2.24) is 10.6 Å². The number of hydrogen-bond donors (Lipinski definition) is 6. The zero-order valence-corrected chi connectivity index (χ0v) is 34.5. The second-order valence-corrected chi connectivity index (χ2v) is 16.8. The maximum Gasteiger partial charge on any atom is 0.338 e. The van der Waals surface area contributed by atoms with Gasteiger partial charge in [-0.2, -0.15) is 0 Å². The molecule has 1 saturated heterocycles. The largest absolute Gasteiger partial charge is 0.456 e. The van der Waals surface area contributed by atoms with Crippen LogP contribution in [0.3, 0.4) is 0 Å². The number of esters is 3. The van der Waals surface area contributed by atoms with Gasteiger partial charge in [0, 0.05) is 44.1 Å². The normalized spacial score (nSPS) is 31.0. The van der Waals surface area contributed by atoms with Crippen LogP contribution >= 0.6 is 0 Å². The zero-order chi connectivity index (χ0) is 44.6. The van der Waals surface area contributed by atoms with Crippen LogP contribution in [0.2, 0.25) is 0 Å². The number of aliphatic hydroxyl groups is 3. The third kappa shape index (κ3) is 8.04. The number of benzene rings is 3. The summed E-state index contributed by atoms with van der Waals surface area (Å²) >= 11 is 0. The van der Waals surface area contributed by atoms with Crippen molar-refractivity contribution in [2.24, 2.45) is 23.0 Å². The minimum Gasteiger partial charge on any atom is -0.456 e. The Labute approximate surface area is 357 Å². The first kappa shape index (κ1) is 44.3. The van der Waals surface area contributed by atoms with Crippen molar-refractivity contribution in [1.29, 1.82) is 0 Å². The van der Waals surface area contributed by atoms with Gasteiger partial charge in [-0.25, -0.2) is 9.59 Å². The van der Waals surface area contributed by atoms with Crippen molar-refractivity contribution in [2.45, 2.75) is 94.2 Å². The van der Waals surface area contributed by atoms with Crippen molar-refractivity contribution in [3.8, 4) is 0 Å². The van der Waals surface area contributed by atoms with Gasteiger partial charge in [0.15, 0.2) is 11.7 Å². The molecule has 1 aliphatic heterocycles. The lowest BCUT2D eigenvalue weighted by Gasteiger charge is -2.65. The molecule has 0 spiro atoms. The molecular weight excluding hydrogens is 803 g/mol. The number of nitrogens with two attached hydrogens (primary N) is 1. The van der Waals surface area contributed by atoms with Crippen molar-refractivity contribution in [3.63, 3.8) is 0 Å². The van der Waals surface area contributed by atoms with Gasteiger partial charge in [0.05, 0.1) is 42.3 Å². The number of ether oxygens (including phenoxy) is 4. The summed E-state index contributed by atoms with van der Waals surface area (Å²) in [5.74, 6) is -7.65. The molecule has 3 fully saturated rings. The van der Waals surface area contributed by atoms with Crippen LogP contribution in [0, 0.1) is 17.3 Å². The lowest BCUT2D eigenvalue weighted by molar-refractivity contribution is -0.340. The van der Waals surface area contributed by atoms with Gasteiger partial charge in [-0.3, -0.25) is 19.2 Å². The van der Waals surface area contributed by atoms with Gasteiger partial charge >= 0.3 is 17.9 Å². The van der Waals surface area contributed by atoms with E-state index in [0.717, 1.165) is 6.92 Å². The number of Topliss-reactive ketones (excluding diaryl/α,β-unsaturated/α-hetero) is 1. The molecule has 2 amide bonds. The van der Waals surface area contributed by atoms with E-state index in [4.69, 9.17) is 24.7 Å². The first-order valence-corrected chi connectivity index (χ1v) is 20.5. The average Bonchev–Trinajstić information content (AvgIpc) is 3.26. The molecule has 1 unspecified atom stereocenters. The van der Waals surface area contributed by atoms with Crippen LogP contribution in [0.5, 0.6) is 0 Å².